The number of carbonyl (C=O) groups is 1. The highest BCUT2D eigenvalue weighted by Crippen LogP contribution is 2.24. The zero-order valence-electron chi connectivity index (χ0n) is 15.5. The Labute approximate surface area is 146 Å². The van der Waals surface area contributed by atoms with E-state index in [0.717, 1.165) is 25.1 Å². The number of nitrogens with zero attached hydrogens (tertiary/aromatic N) is 1. The second-order valence-corrected chi connectivity index (χ2v) is 7.78. The van der Waals surface area contributed by atoms with Gasteiger partial charge in [0.2, 0.25) is 0 Å². The number of rotatable bonds is 7. The van der Waals surface area contributed by atoms with E-state index in [-0.39, 0.29) is 5.91 Å². The highest BCUT2D eigenvalue weighted by atomic mass is 16.3. The predicted molar refractivity (Wildman–Crippen MR) is 97.8 cm³/mol. The first-order valence-electron chi connectivity index (χ1n) is 9.13. The van der Waals surface area contributed by atoms with Crippen LogP contribution in [0.15, 0.2) is 24.3 Å². The fraction of sp³-hybridized carbons (Fsp3) is 0.650. The molecule has 1 aliphatic rings. The van der Waals surface area contributed by atoms with Crippen molar-refractivity contribution in [3.63, 3.8) is 0 Å². The van der Waals surface area contributed by atoms with Crippen LogP contribution in [0.3, 0.4) is 0 Å². The zero-order chi connectivity index (χ0) is 17.7. The maximum absolute atomic E-state index is 12.7. The van der Waals surface area contributed by atoms with E-state index in [4.69, 9.17) is 0 Å². The fourth-order valence-corrected chi connectivity index (χ4v) is 3.18. The van der Waals surface area contributed by atoms with Crippen LogP contribution in [0.2, 0.25) is 0 Å². The first kappa shape index (κ1) is 18.9. The van der Waals surface area contributed by atoms with E-state index < -0.39 is 5.60 Å². The maximum atomic E-state index is 12.7. The summed E-state index contributed by atoms with van der Waals surface area (Å²) in [7, 11) is 0. The molecule has 1 aromatic carbocycles. The van der Waals surface area contributed by atoms with Crippen LogP contribution in [0.4, 0.5) is 0 Å². The van der Waals surface area contributed by atoms with E-state index in [1.165, 1.54) is 5.56 Å². The molecule has 24 heavy (non-hydrogen) atoms. The molecule has 2 rings (SSSR count). The first-order chi connectivity index (χ1) is 11.3. The summed E-state index contributed by atoms with van der Waals surface area (Å²) >= 11 is 0. The molecule has 1 fully saturated rings. The van der Waals surface area contributed by atoms with Crippen LogP contribution in [-0.2, 0) is 11.3 Å². The molecule has 4 nitrogen and oxygen atoms in total. The summed E-state index contributed by atoms with van der Waals surface area (Å²) in [6.07, 6.45) is 1.38. The number of hydrogen-bond acceptors (Lipinski definition) is 3. The van der Waals surface area contributed by atoms with Gasteiger partial charge in [0, 0.05) is 19.6 Å². The molecule has 2 N–H and O–H groups in total. The second kappa shape index (κ2) is 8.13. The lowest BCUT2D eigenvalue weighted by molar-refractivity contribution is -0.157. The number of amides is 1. The number of benzene rings is 1. The van der Waals surface area contributed by atoms with Gasteiger partial charge in [-0.3, -0.25) is 4.79 Å². The molecule has 1 heterocycles. The maximum Gasteiger partial charge on any atom is 0.256 e. The largest absolute Gasteiger partial charge is 0.379 e. The second-order valence-electron chi connectivity index (χ2n) is 7.78. The predicted octanol–water partition coefficient (Wildman–Crippen LogP) is 2.91. The normalized spacial score (nSPS) is 21.8. The smallest absolute Gasteiger partial charge is 0.256 e. The van der Waals surface area contributed by atoms with Crippen LogP contribution in [0.5, 0.6) is 0 Å². The number of carbonyl (C=O) groups excluding carboxylic acids is 1. The number of piperidine rings is 1. The molecule has 0 unspecified atom stereocenters. The third-order valence-corrected chi connectivity index (χ3v) is 4.69. The van der Waals surface area contributed by atoms with Crippen molar-refractivity contribution >= 4 is 5.91 Å². The number of hydrogen-bond donors (Lipinski definition) is 2. The van der Waals surface area contributed by atoms with Crippen molar-refractivity contribution in [3.8, 4) is 0 Å². The van der Waals surface area contributed by atoms with Gasteiger partial charge in [0.15, 0.2) is 5.60 Å². The molecule has 0 radical (unpaired) electrons. The highest BCUT2D eigenvalue weighted by Gasteiger charge is 2.41. The Hall–Kier alpha value is -1.39. The minimum atomic E-state index is -1.26. The Balaban J connectivity index is 1.98. The van der Waals surface area contributed by atoms with Gasteiger partial charge in [-0.25, -0.2) is 0 Å². The average Bonchev–Trinajstić information content (AvgIpc) is 2.52. The van der Waals surface area contributed by atoms with E-state index in [1.807, 2.05) is 0 Å². The van der Waals surface area contributed by atoms with Gasteiger partial charge in [-0.1, -0.05) is 52.0 Å². The van der Waals surface area contributed by atoms with Crippen LogP contribution < -0.4 is 5.32 Å². The van der Waals surface area contributed by atoms with Gasteiger partial charge in [0.25, 0.3) is 5.91 Å². The zero-order valence-corrected chi connectivity index (χ0v) is 15.5. The Kier molecular flexibility index (Phi) is 6.41. The van der Waals surface area contributed by atoms with E-state index in [1.54, 1.807) is 4.90 Å². The summed E-state index contributed by atoms with van der Waals surface area (Å²) in [5.74, 6) is 0.869. The summed E-state index contributed by atoms with van der Waals surface area (Å²) < 4.78 is 0. The molecule has 0 aliphatic carbocycles. The Bertz CT molecular complexity index is 539. The molecule has 134 valence electrons. The average molecular weight is 332 g/mol. The molecule has 0 spiro atoms. The number of aliphatic hydroxyl groups is 1. The van der Waals surface area contributed by atoms with E-state index in [2.05, 4.69) is 57.3 Å². The SMILES string of the molecule is CC(C)CNC[C@]1(O)CCCN(Cc2ccc(C(C)C)cc2)C1=O. The Morgan fingerprint density at radius 1 is 1.21 bits per heavy atom. The molecule has 1 aromatic rings. The van der Waals surface area contributed by atoms with Gasteiger partial charge in [0.05, 0.1) is 0 Å². The lowest BCUT2D eigenvalue weighted by Crippen LogP contribution is -2.57. The van der Waals surface area contributed by atoms with Crippen molar-refractivity contribution < 1.29 is 9.90 Å². The van der Waals surface area contributed by atoms with Crippen LogP contribution in [0.25, 0.3) is 0 Å². The molecule has 0 aromatic heterocycles. The van der Waals surface area contributed by atoms with Gasteiger partial charge < -0.3 is 15.3 Å². The topological polar surface area (TPSA) is 52.6 Å². The summed E-state index contributed by atoms with van der Waals surface area (Å²) in [6, 6.07) is 8.44. The molecular weight excluding hydrogens is 300 g/mol. The van der Waals surface area contributed by atoms with Crippen LogP contribution in [-0.4, -0.2) is 41.1 Å². The van der Waals surface area contributed by atoms with Gasteiger partial charge in [-0.05, 0) is 42.3 Å². The molecule has 0 bridgehead atoms. The third-order valence-electron chi connectivity index (χ3n) is 4.69. The van der Waals surface area contributed by atoms with Crippen molar-refractivity contribution in [1.29, 1.82) is 0 Å². The van der Waals surface area contributed by atoms with E-state index >= 15 is 0 Å². The molecule has 1 saturated heterocycles. The fourth-order valence-electron chi connectivity index (χ4n) is 3.18. The minimum Gasteiger partial charge on any atom is -0.379 e. The monoisotopic (exact) mass is 332 g/mol. The number of likely N-dealkylation sites (tertiary alicyclic amines) is 1. The molecule has 0 saturated carbocycles. The summed E-state index contributed by atoms with van der Waals surface area (Å²) in [5, 5.41) is 14.0. The minimum absolute atomic E-state index is 0.141. The Morgan fingerprint density at radius 3 is 2.46 bits per heavy atom. The Morgan fingerprint density at radius 2 is 1.88 bits per heavy atom. The molecule has 1 atom stereocenters. The highest BCUT2D eigenvalue weighted by molar-refractivity contribution is 5.86. The van der Waals surface area contributed by atoms with Crippen molar-refractivity contribution in [2.75, 3.05) is 19.6 Å². The van der Waals surface area contributed by atoms with Crippen molar-refractivity contribution in [2.45, 2.75) is 58.6 Å². The van der Waals surface area contributed by atoms with Crippen LogP contribution >= 0.6 is 0 Å². The van der Waals surface area contributed by atoms with E-state index in [0.29, 0.717) is 31.3 Å². The van der Waals surface area contributed by atoms with Gasteiger partial charge in [-0.15, -0.1) is 0 Å². The summed E-state index contributed by atoms with van der Waals surface area (Å²) in [4.78, 5) is 14.5. The molecule has 1 amide bonds. The van der Waals surface area contributed by atoms with E-state index in [9.17, 15) is 9.90 Å². The molecule has 1 aliphatic heterocycles. The van der Waals surface area contributed by atoms with Crippen molar-refractivity contribution in [1.82, 2.24) is 10.2 Å². The van der Waals surface area contributed by atoms with Gasteiger partial charge in [0.1, 0.15) is 0 Å². The van der Waals surface area contributed by atoms with Crippen molar-refractivity contribution in [3.05, 3.63) is 35.4 Å². The lowest BCUT2D eigenvalue weighted by Gasteiger charge is -2.38. The van der Waals surface area contributed by atoms with Gasteiger partial charge >= 0.3 is 0 Å². The molecular formula is C20H32N2O2. The van der Waals surface area contributed by atoms with Crippen LogP contribution in [0, 0.1) is 5.92 Å². The quantitative estimate of drug-likeness (QED) is 0.807. The summed E-state index contributed by atoms with van der Waals surface area (Å²) in [6.45, 7) is 11.0. The number of nitrogens with one attached hydrogen (secondary N) is 1. The summed E-state index contributed by atoms with van der Waals surface area (Å²) in [5.41, 5.74) is 1.16. The third kappa shape index (κ3) is 4.81. The molecule has 4 heteroatoms. The van der Waals surface area contributed by atoms with Gasteiger partial charge in [-0.2, -0.15) is 0 Å². The van der Waals surface area contributed by atoms with Crippen LogP contribution in [0.1, 0.15) is 57.6 Å². The van der Waals surface area contributed by atoms with Crippen molar-refractivity contribution in [2.24, 2.45) is 5.92 Å². The standard InChI is InChI=1S/C20H32N2O2/c1-15(2)12-21-14-20(24)10-5-11-22(19(20)23)13-17-6-8-18(9-7-17)16(3)4/h6-9,15-16,21,24H,5,10-14H2,1-4H3/t20-/m1/s1. The first-order valence-corrected chi connectivity index (χ1v) is 9.13. The lowest BCUT2D eigenvalue weighted by atomic mass is 9.91.